The lowest BCUT2D eigenvalue weighted by Crippen LogP contribution is -2.40. The van der Waals surface area contributed by atoms with Crippen molar-refractivity contribution in [3.63, 3.8) is 0 Å². The maximum Gasteiger partial charge on any atom is 0.258 e. The van der Waals surface area contributed by atoms with Crippen molar-refractivity contribution in [1.29, 1.82) is 0 Å². The maximum atomic E-state index is 14.3. The van der Waals surface area contributed by atoms with E-state index in [1.165, 1.54) is 17.3 Å². The lowest BCUT2D eigenvalue weighted by atomic mass is 9.68. The van der Waals surface area contributed by atoms with E-state index in [1.807, 2.05) is 18.2 Å². The molecule has 1 amide bonds. The number of anilines is 1. The standard InChI is InChI=1S/C30H29N3O4S/c1-36-22-12-10-21(11-13-22)31-25(34)19-38-29-32-27-24-9-3-2-7-20(24)17-30(14-4-5-15-30)26(27)28(35)33(29)18-23-8-6-16-37-23/h2-3,6-13,16H,4-5,14-15,17-19H2,1H3,(H,31,34). The second kappa shape index (κ2) is 10.2. The molecule has 0 unspecified atom stereocenters. The fourth-order valence-corrected chi connectivity index (χ4v) is 6.65. The summed E-state index contributed by atoms with van der Waals surface area (Å²) in [7, 11) is 1.60. The third-order valence-electron chi connectivity index (χ3n) is 7.63. The number of ether oxygens (including phenoxy) is 1. The van der Waals surface area contributed by atoms with Crippen molar-refractivity contribution in [1.82, 2.24) is 9.55 Å². The van der Waals surface area contributed by atoms with Gasteiger partial charge in [0.2, 0.25) is 5.91 Å². The van der Waals surface area contributed by atoms with Gasteiger partial charge in [0.1, 0.15) is 11.5 Å². The van der Waals surface area contributed by atoms with Crippen LogP contribution in [-0.4, -0.2) is 28.3 Å². The highest BCUT2D eigenvalue weighted by Gasteiger charge is 2.44. The number of thioether (sulfide) groups is 1. The molecule has 4 aromatic rings. The summed E-state index contributed by atoms with van der Waals surface area (Å²) < 4.78 is 12.5. The zero-order valence-corrected chi connectivity index (χ0v) is 22.1. The molecule has 2 aliphatic rings. The summed E-state index contributed by atoms with van der Waals surface area (Å²) in [5.41, 5.74) is 4.33. The maximum absolute atomic E-state index is 14.3. The van der Waals surface area contributed by atoms with Crippen molar-refractivity contribution in [3.05, 3.63) is 94.2 Å². The largest absolute Gasteiger partial charge is 0.497 e. The average Bonchev–Trinajstić information content (AvgIpc) is 3.62. The van der Waals surface area contributed by atoms with Gasteiger partial charge >= 0.3 is 0 Å². The quantitative estimate of drug-likeness (QED) is 0.247. The second-order valence-electron chi connectivity index (χ2n) is 9.98. The lowest BCUT2D eigenvalue weighted by Gasteiger charge is -2.36. The molecule has 8 heteroatoms. The molecule has 194 valence electrons. The predicted octanol–water partition coefficient (Wildman–Crippen LogP) is 5.66. The third kappa shape index (κ3) is 4.53. The van der Waals surface area contributed by atoms with Crippen molar-refractivity contribution < 1.29 is 13.9 Å². The Bertz CT molecular complexity index is 1520. The fraction of sp³-hybridized carbons (Fsp3) is 0.300. The molecule has 7 nitrogen and oxygen atoms in total. The summed E-state index contributed by atoms with van der Waals surface area (Å²) in [4.78, 5) is 32.2. The molecule has 1 N–H and O–H groups in total. The van der Waals surface area contributed by atoms with E-state index in [1.54, 1.807) is 42.2 Å². The zero-order chi connectivity index (χ0) is 26.1. The van der Waals surface area contributed by atoms with Gasteiger partial charge in [0, 0.05) is 16.7 Å². The molecule has 0 aliphatic heterocycles. The molecule has 1 spiro atoms. The normalized spacial score (nSPS) is 15.2. The van der Waals surface area contributed by atoms with Crippen molar-refractivity contribution in [2.75, 3.05) is 18.2 Å². The van der Waals surface area contributed by atoms with Gasteiger partial charge in [-0.05, 0) is 61.2 Å². The minimum absolute atomic E-state index is 0.0270. The van der Waals surface area contributed by atoms with Gasteiger partial charge in [0.05, 0.1) is 36.9 Å². The van der Waals surface area contributed by atoms with Crippen LogP contribution in [0.2, 0.25) is 0 Å². The van der Waals surface area contributed by atoms with E-state index in [0.29, 0.717) is 16.6 Å². The molecule has 1 fully saturated rings. The molecule has 0 bridgehead atoms. The van der Waals surface area contributed by atoms with Gasteiger partial charge in [-0.3, -0.25) is 14.2 Å². The van der Waals surface area contributed by atoms with Gasteiger partial charge in [-0.2, -0.15) is 0 Å². The van der Waals surface area contributed by atoms with Crippen LogP contribution < -0.4 is 15.6 Å². The molecule has 2 aliphatic carbocycles. The summed E-state index contributed by atoms with van der Waals surface area (Å²) in [6.07, 6.45) is 6.68. The molecule has 2 aromatic carbocycles. The van der Waals surface area contributed by atoms with E-state index in [9.17, 15) is 9.59 Å². The fourth-order valence-electron chi connectivity index (χ4n) is 5.85. The molecule has 2 aromatic heterocycles. The molecule has 0 saturated heterocycles. The van der Waals surface area contributed by atoms with Crippen LogP contribution in [-0.2, 0) is 23.2 Å². The first-order chi connectivity index (χ1) is 18.6. The first-order valence-corrected chi connectivity index (χ1v) is 13.9. The van der Waals surface area contributed by atoms with E-state index < -0.39 is 0 Å². The summed E-state index contributed by atoms with van der Waals surface area (Å²) >= 11 is 1.27. The number of nitrogens with one attached hydrogen (secondary N) is 1. The number of carbonyl (C=O) groups excluding carboxylic acids is 1. The topological polar surface area (TPSA) is 86.4 Å². The first-order valence-electron chi connectivity index (χ1n) is 12.9. The van der Waals surface area contributed by atoms with E-state index in [4.69, 9.17) is 14.1 Å². The number of hydrogen-bond acceptors (Lipinski definition) is 6. The van der Waals surface area contributed by atoms with Gasteiger partial charge in [0.15, 0.2) is 5.16 Å². The highest BCUT2D eigenvalue weighted by molar-refractivity contribution is 7.99. The number of furan rings is 1. The smallest absolute Gasteiger partial charge is 0.258 e. The van der Waals surface area contributed by atoms with Crippen LogP contribution in [0.15, 0.2) is 81.3 Å². The molecule has 38 heavy (non-hydrogen) atoms. The SMILES string of the molecule is COc1ccc(NC(=O)CSc2nc3c(c(=O)n2Cc2ccco2)C2(CCCC2)Cc2ccccc2-3)cc1. The van der Waals surface area contributed by atoms with E-state index >= 15 is 0 Å². The molecular formula is C30H29N3O4S. The number of amides is 1. The Balaban J connectivity index is 1.38. The van der Waals surface area contributed by atoms with E-state index in [0.717, 1.165) is 54.7 Å². The first kappa shape index (κ1) is 24.6. The highest BCUT2D eigenvalue weighted by atomic mass is 32.2. The predicted molar refractivity (Wildman–Crippen MR) is 148 cm³/mol. The molecular weight excluding hydrogens is 498 g/mol. The Morgan fingerprint density at radius 2 is 1.89 bits per heavy atom. The minimum atomic E-state index is -0.187. The monoisotopic (exact) mass is 527 g/mol. The van der Waals surface area contributed by atoms with Crippen LogP contribution in [0.3, 0.4) is 0 Å². The van der Waals surface area contributed by atoms with Crippen LogP contribution in [0.1, 0.15) is 42.6 Å². The Labute approximate surface area is 225 Å². The molecule has 1 saturated carbocycles. The number of carbonyl (C=O) groups is 1. The Morgan fingerprint density at radius 3 is 2.63 bits per heavy atom. The Morgan fingerprint density at radius 1 is 1.11 bits per heavy atom. The molecule has 6 rings (SSSR count). The Hall–Kier alpha value is -3.78. The van der Waals surface area contributed by atoms with Gasteiger partial charge in [-0.1, -0.05) is 48.9 Å². The minimum Gasteiger partial charge on any atom is -0.497 e. The van der Waals surface area contributed by atoms with E-state index in [2.05, 4.69) is 23.5 Å². The number of aromatic nitrogens is 2. The number of fused-ring (bicyclic) bond motifs is 4. The number of benzene rings is 2. The van der Waals surface area contributed by atoms with Crippen molar-refractivity contribution in [2.45, 2.75) is 49.2 Å². The summed E-state index contributed by atoms with van der Waals surface area (Å²) in [6, 6.07) is 19.1. The number of nitrogens with zero attached hydrogens (tertiary/aromatic N) is 2. The molecule has 0 atom stereocenters. The van der Waals surface area contributed by atoms with Crippen molar-refractivity contribution >= 4 is 23.4 Å². The van der Waals surface area contributed by atoms with Crippen LogP contribution in [0.25, 0.3) is 11.3 Å². The third-order valence-corrected chi connectivity index (χ3v) is 8.60. The van der Waals surface area contributed by atoms with Crippen LogP contribution >= 0.6 is 11.8 Å². The second-order valence-corrected chi connectivity index (χ2v) is 10.9. The van der Waals surface area contributed by atoms with Crippen LogP contribution in [0.5, 0.6) is 5.75 Å². The Kier molecular flexibility index (Phi) is 6.57. The molecule has 0 radical (unpaired) electrons. The lowest BCUT2D eigenvalue weighted by molar-refractivity contribution is -0.113. The van der Waals surface area contributed by atoms with Gasteiger partial charge in [-0.15, -0.1) is 0 Å². The summed E-state index contributed by atoms with van der Waals surface area (Å²) in [6.45, 7) is 0.270. The zero-order valence-electron chi connectivity index (χ0n) is 21.2. The highest BCUT2D eigenvalue weighted by Crippen LogP contribution is 2.50. The van der Waals surface area contributed by atoms with Crippen LogP contribution in [0.4, 0.5) is 5.69 Å². The van der Waals surface area contributed by atoms with Gasteiger partial charge in [-0.25, -0.2) is 4.98 Å². The van der Waals surface area contributed by atoms with E-state index in [-0.39, 0.29) is 29.2 Å². The van der Waals surface area contributed by atoms with Gasteiger partial charge in [0.25, 0.3) is 5.56 Å². The van der Waals surface area contributed by atoms with Gasteiger partial charge < -0.3 is 14.5 Å². The van der Waals surface area contributed by atoms with Crippen molar-refractivity contribution in [3.8, 4) is 17.0 Å². The summed E-state index contributed by atoms with van der Waals surface area (Å²) in [5.74, 6) is 1.33. The molecule has 2 heterocycles. The number of methoxy groups -OCH3 is 1. The number of rotatable bonds is 7. The van der Waals surface area contributed by atoms with Crippen LogP contribution in [0, 0.1) is 0 Å². The average molecular weight is 528 g/mol. The number of hydrogen-bond donors (Lipinski definition) is 1. The van der Waals surface area contributed by atoms with Crippen molar-refractivity contribution in [2.24, 2.45) is 0 Å². The summed E-state index contributed by atoms with van der Waals surface area (Å²) in [5, 5.41) is 3.43.